The molecule has 0 fully saturated rings. The van der Waals surface area contributed by atoms with Gasteiger partial charge in [-0.3, -0.25) is 4.79 Å². The summed E-state index contributed by atoms with van der Waals surface area (Å²) in [6, 6.07) is 7.88. The van der Waals surface area contributed by atoms with Gasteiger partial charge in [0.2, 0.25) is 0 Å². The molecule has 0 spiro atoms. The standard InChI is InChI=1S/C16H23NO2/c1-2-3-4-5-8-11-17-14-10-7-6-9-13(14)12-15(18)16(17)19/h6-7,9-10,15,18H,2-5,8,11-12H2,1H3. The van der Waals surface area contributed by atoms with E-state index in [1.165, 1.54) is 19.3 Å². The fraction of sp³-hybridized carbons (Fsp3) is 0.562. The number of hydrogen-bond donors (Lipinski definition) is 1. The number of nitrogens with zero attached hydrogens (tertiary/aromatic N) is 1. The fourth-order valence-electron chi connectivity index (χ4n) is 2.65. The van der Waals surface area contributed by atoms with Crippen LogP contribution >= 0.6 is 0 Å². The highest BCUT2D eigenvalue weighted by atomic mass is 16.3. The van der Waals surface area contributed by atoms with Gasteiger partial charge in [-0.2, -0.15) is 0 Å². The molecule has 2 rings (SSSR count). The van der Waals surface area contributed by atoms with E-state index in [1.807, 2.05) is 24.3 Å². The predicted molar refractivity (Wildman–Crippen MR) is 77.3 cm³/mol. The molecule has 0 saturated heterocycles. The van der Waals surface area contributed by atoms with Gasteiger partial charge in [0.25, 0.3) is 5.91 Å². The van der Waals surface area contributed by atoms with Crippen molar-refractivity contribution in [3.8, 4) is 0 Å². The zero-order chi connectivity index (χ0) is 13.7. The van der Waals surface area contributed by atoms with Gasteiger partial charge in [-0.25, -0.2) is 0 Å². The molecule has 1 aliphatic heterocycles. The normalized spacial score (nSPS) is 18.5. The minimum Gasteiger partial charge on any atom is -0.383 e. The van der Waals surface area contributed by atoms with E-state index in [1.54, 1.807) is 4.90 Å². The van der Waals surface area contributed by atoms with Crippen LogP contribution in [-0.4, -0.2) is 23.7 Å². The SMILES string of the molecule is CCCCCCCN1C(=O)C(O)Cc2ccccc21. The van der Waals surface area contributed by atoms with Crippen molar-refractivity contribution in [3.63, 3.8) is 0 Å². The van der Waals surface area contributed by atoms with E-state index < -0.39 is 6.10 Å². The van der Waals surface area contributed by atoms with Gasteiger partial charge in [-0.1, -0.05) is 50.8 Å². The maximum Gasteiger partial charge on any atom is 0.256 e. The monoisotopic (exact) mass is 261 g/mol. The summed E-state index contributed by atoms with van der Waals surface area (Å²) < 4.78 is 0. The number of anilines is 1. The first-order valence-corrected chi connectivity index (χ1v) is 7.31. The van der Waals surface area contributed by atoms with E-state index in [2.05, 4.69) is 6.92 Å². The second-order valence-corrected chi connectivity index (χ2v) is 5.25. The maximum atomic E-state index is 12.1. The summed E-state index contributed by atoms with van der Waals surface area (Å²) in [5.41, 5.74) is 2.05. The van der Waals surface area contributed by atoms with Crippen LogP contribution in [0.5, 0.6) is 0 Å². The Morgan fingerprint density at radius 2 is 1.95 bits per heavy atom. The molecule has 3 heteroatoms. The average molecular weight is 261 g/mol. The third kappa shape index (κ3) is 3.35. The minimum absolute atomic E-state index is 0.144. The minimum atomic E-state index is -0.870. The maximum absolute atomic E-state index is 12.1. The number of carbonyl (C=O) groups excluding carboxylic acids is 1. The lowest BCUT2D eigenvalue weighted by Gasteiger charge is -2.32. The Labute approximate surface area is 115 Å². The van der Waals surface area contributed by atoms with Crippen LogP contribution in [0, 0.1) is 0 Å². The van der Waals surface area contributed by atoms with Crippen LogP contribution in [-0.2, 0) is 11.2 Å². The third-order valence-corrected chi connectivity index (χ3v) is 3.73. The van der Waals surface area contributed by atoms with E-state index in [-0.39, 0.29) is 5.91 Å². The Balaban J connectivity index is 2.00. The molecule has 104 valence electrons. The van der Waals surface area contributed by atoms with Crippen molar-refractivity contribution >= 4 is 11.6 Å². The van der Waals surface area contributed by atoms with E-state index in [9.17, 15) is 9.90 Å². The highest BCUT2D eigenvalue weighted by Crippen LogP contribution is 2.28. The van der Waals surface area contributed by atoms with Crippen LogP contribution in [0.15, 0.2) is 24.3 Å². The summed E-state index contributed by atoms with van der Waals surface area (Å²) in [6.45, 7) is 2.91. The number of hydrogen-bond acceptors (Lipinski definition) is 2. The molecule has 1 aromatic carbocycles. The van der Waals surface area contributed by atoms with Crippen molar-refractivity contribution < 1.29 is 9.90 Å². The third-order valence-electron chi connectivity index (χ3n) is 3.73. The molecule has 1 aromatic rings. The number of aliphatic hydroxyl groups excluding tert-OH is 1. The first-order valence-electron chi connectivity index (χ1n) is 7.31. The molecule has 1 atom stereocenters. The smallest absolute Gasteiger partial charge is 0.256 e. The molecule has 0 bridgehead atoms. The number of unbranched alkanes of at least 4 members (excludes halogenated alkanes) is 4. The van der Waals surface area contributed by atoms with Gasteiger partial charge < -0.3 is 10.0 Å². The summed E-state index contributed by atoms with van der Waals surface area (Å²) in [7, 11) is 0. The van der Waals surface area contributed by atoms with Gasteiger partial charge in [0, 0.05) is 18.7 Å². The molecule has 1 aliphatic rings. The van der Waals surface area contributed by atoms with E-state index in [0.29, 0.717) is 6.42 Å². The van der Waals surface area contributed by atoms with Crippen LogP contribution in [0.1, 0.15) is 44.6 Å². The summed E-state index contributed by atoms with van der Waals surface area (Å²) in [6.07, 6.45) is 5.44. The first-order chi connectivity index (χ1) is 9.24. The molecular formula is C16H23NO2. The highest BCUT2D eigenvalue weighted by molar-refractivity contribution is 5.99. The summed E-state index contributed by atoms with van der Waals surface area (Å²) in [4.78, 5) is 13.8. The van der Waals surface area contributed by atoms with Crippen LogP contribution in [0.4, 0.5) is 5.69 Å². The highest BCUT2D eigenvalue weighted by Gasteiger charge is 2.30. The lowest BCUT2D eigenvalue weighted by Crippen LogP contribution is -2.44. The Morgan fingerprint density at radius 1 is 1.21 bits per heavy atom. The van der Waals surface area contributed by atoms with E-state index in [0.717, 1.165) is 30.6 Å². The molecule has 3 nitrogen and oxygen atoms in total. The molecule has 1 N–H and O–H groups in total. The molecule has 0 aliphatic carbocycles. The summed E-state index contributed by atoms with van der Waals surface area (Å²) in [5, 5.41) is 9.84. The van der Waals surface area contributed by atoms with Crippen molar-refractivity contribution in [1.29, 1.82) is 0 Å². The zero-order valence-corrected chi connectivity index (χ0v) is 11.6. The van der Waals surface area contributed by atoms with E-state index in [4.69, 9.17) is 0 Å². The van der Waals surface area contributed by atoms with Crippen LogP contribution < -0.4 is 4.90 Å². The second-order valence-electron chi connectivity index (χ2n) is 5.25. The van der Waals surface area contributed by atoms with Crippen LogP contribution in [0.25, 0.3) is 0 Å². The Hall–Kier alpha value is -1.35. The quantitative estimate of drug-likeness (QED) is 0.800. The van der Waals surface area contributed by atoms with Crippen molar-refractivity contribution in [3.05, 3.63) is 29.8 Å². The lowest BCUT2D eigenvalue weighted by atomic mass is 9.98. The number of amides is 1. The summed E-state index contributed by atoms with van der Waals surface area (Å²) >= 11 is 0. The number of rotatable bonds is 6. The molecule has 1 heterocycles. The predicted octanol–water partition coefficient (Wildman–Crippen LogP) is 2.91. The van der Waals surface area contributed by atoms with E-state index >= 15 is 0 Å². The zero-order valence-electron chi connectivity index (χ0n) is 11.6. The van der Waals surface area contributed by atoms with Gasteiger partial charge in [-0.15, -0.1) is 0 Å². The number of benzene rings is 1. The van der Waals surface area contributed by atoms with Gasteiger partial charge in [0.15, 0.2) is 0 Å². The van der Waals surface area contributed by atoms with Gasteiger partial charge in [0.1, 0.15) is 6.10 Å². The topological polar surface area (TPSA) is 40.5 Å². The molecule has 1 amide bonds. The van der Waals surface area contributed by atoms with Crippen LogP contribution in [0.3, 0.4) is 0 Å². The Bertz CT molecular complexity index is 431. The van der Waals surface area contributed by atoms with Gasteiger partial charge in [-0.05, 0) is 18.1 Å². The molecule has 0 aromatic heterocycles. The summed E-state index contributed by atoms with van der Waals surface area (Å²) in [5.74, 6) is -0.144. The molecule has 0 saturated carbocycles. The Kier molecular flexibility index (Phi) is 4.97. The van der Waals surface area contributed by atoms with Crippen LogP contribution in [0.2, 0.25) is 0 Å². The molecular weight excluding hydrogens is 238 g/mol. The number of carbonyl (C=O) groups is 1. The first kappa shape index (κ1) is 14.1. The molecule has 1 unspecified atom stereocenters. The fourth-order valence-corrected chi connectivity index (χ4v) is 2.65. The number of fused-ring (bicyclic) bond motifs is 1. The van der Waals surface area contributed by atoms with Gasteiger partial charge >= 0.3 is 0 Å². The van der Waals surface area contributed by atoms with Gasteiger partial charge in [0.05, 0.1) is 0 Å². The van der Waals surface area contributed by atoms with Crippen molar-refractivity contribution in [1.82, 2.24) is 0 Å². The molecule has 19 heavy (non-hydrogen) atoms. The largest absolute Gasteiger partial charge is 0.383 e. The van der Waals surface area contributed by atoms with Crippen molar-refractivity contribution in [2.75, 3.05) is 11.4 Å². The van der Waals surface area contributed by atoms with Crippen molar-refractivity contribution in [2.45, 2.75) is 51.6 Å². The lowest BCUT2D eigenvalue weighted by molar-refractivity contribution is -0.127. The average Bonchev–Trinajstić information content (AvgIpc) is 2.42. The van der Waals surface area contributed by atoms with Crippen molar-refractivity contribution in [2.24, 2.45) is 0 Å². The second kappa shape index (κ2) is 6.71. The number of aliphatic hydroxyl groups is 1. The Morgan fingerprint density at radius 3 is 2.74 bits per heavy atom. The molecule has 0 radical (unpaired) electrons. The number of para-hydroxylation sites is 1.